The summed E-state index contributed by atoms with van der Waals surface area (Å²) in [6.45, 7) is 0.395. The van der Waals surface area contributed by atoms with E-state index in [1.54, 1.807) is 30.6 Å². The molecule has 170 valence electrons. The van der Waals surface area contributed by atoms with Gasteiger partial charge in [-0.2, -0.15) is 0 Å². The van der Waals surface area contributed by atoms with E-state index in [0.717, 1.165) is 24.1 Å². The molecular formula is C23H20F2N4O3S. The van der Waals surface area contributed by atoms with Crippen molar-refractivity contribution in [2.24, 2.45) is 0 Å². The molecule has 0 radical (unpaired) electrons. The van der Waals surface area contributed by atoms with E-state index >= 15 is 0 Å². The number of hydrogen-bond donors (Lipinski definition) is 3. The molecule has 33 heavy (non-hydrogen) atoms. The monoisotopic (exact) mass is 470 g/mol. The Morgan fingerprint density at radius 3 is 2.61 bits per heavy atom. The number of carbonyl (C=O) groups is 1. The minimum Gasteiger partial charge on any atom is -0.379 e. The molecule has 5 rings (SSSR count). The van der Waals surface area contributed by atoms with Crippen molar-refractivity contribution in [2.45, 2.75) is 36.1 Å². The van der Waals surface area contributed by atoms with Gasteiger partial charge in [-0.05, 0) is 54.3 Å². The van der Waals surface area contributed by atoms with Crippen molar-refractivity contribution in [3.8, 4) is 0 Å². The van der Waals surface area contributed by atoms with Crippen LogP contribution in [0, 0.1) is 11.6 Å². The van der Waals surface area contributed by atoms with Crippen molar-refractivity contribution in [3.63, 3.8) is 0 Å². The highest BCUT2D eigenvalue weighted by Gasteiger charge is 2.52. The molecule has 1 fully saturated rings. The molecule has 1 aliphatic heterocycles. The van der Waals surface area contributed by atoms with Gasteiger partial charge in [0.25, 0.3) is 10.0 Å². The Morgan fingerprint density at radius 2 is 1.94 bits per heavy atom. The van der Waals surface area contributed by atoms with Crippen LogP contribution in [-0.4, -0.2) is 19.3 Å². The topological polar surface area (TPSA) is 100 Å². The van der Waals surface area contributed by atoms with Crippen LogP contribution in [0.1, 0.15) is 30.4 Å². The van der Waals surface area contributed by atoms with E-state index in [-0.39, 0.29) is 11.6 Å². The van der Waals surface area contributed by atoms with Gasteiger partial charge in [0, 0.05) is 25.0 Å². The Labute approximate surface area is 189 Å². The molecule has 3 N–H and O–H groups in total. The Bertz CT molecular complexity index is 1360. The summed E-state index contributed by atoms with van der Waals surface area (Å²) in [5.74, 6) is -2.17. The van der Waals surface area contributed by atoms with Gasteiger partial charge in [-0.25, -0.2) is 17.2 Å². The maximum absolute atomic E-state index is 14.2. The zero-order chi connectivity index (χ0) is 23.2. The second-order valence-corrected chi connectivity index (χ2v) is 9.88. The number of nitrogens with zero attached hydrogens (tertiary/aromatic N) is 1. The fourth-order valence-corrected chi connectivity index (χ4v) is 5.44. The van der Waals surface area contributed by atoms with Crippen molar-refractivity contribution in [1.29, 1.82) is 0 Å². The Hall–Kier alpha value is -3.53. The quantitative estimate of drug-likeness (QED) is 0.503. The highest BCUT2D eigenvalue weighted by Crippen LogP contribution is 2.54. The van der Waals surface area contributed by atoms with Crippen molar-refractivity contribution >= 4 is 33.0 Å². The standard InChI is InChI=1S/C23H20F2N4O3S/c24-15-4-5-20(18(25)9-15)33(31,32)29-16-10-17-21(28-22(30)23(17)6-2-7-23)19(11-16)27-13-14-3-1-8-26-12-14/h1,3-5,8-12,27,29H,2,6-7,13H2,(H,28,30). The fourth-order valence-electron chi connectivity index (χ4n) is 4.34. The minimum absolute atomic E-state index is 0.113. The Morgan fingerprint density at radius 1 is 1.12 bits per heavy atom. The van der Waals surface area contributed by atoms with Crippen molar-refractivity contribution in [3.05, 3.63) is 77.6 Å². The molecule has 0 atom stereocenters. The number of hydrogen-bond acceptors (Lipinski definition) is 5. The van der Waals surface area contributed by atoms with Crippen LogP contribution in [-0.2, 0) is 26.8 Å². The van der Waals surface area contributed by atoms with Crippen molar-refractivity contribution in [2.75, 3.05) is 15.4 Å². The zero-order valence-electron chi connectivity index (χ0n) is 17.4. The molecule has 2 heterocycles. The van der Waals surface area contributed by atoms with Gasteiger partial charge in [-0.1, -0.05) is 12.5 Å². The largest absolute Gasteiger partial charge is 0.379 e. The van der Waals surface area contributed by atoms with Gasteiger partial charge in [0.1, 0.15) is 16.5 Å². The van der Waals surface area contributed by atoms with E-state index in [4.69, 9.17) is 0 Å². The number of aromatic nitrogens is 1. The van der Waals surface area contributed by atoms with Gasteiger partial charge in [0.15, 0.2) is 0 Å². The first-order valence-corrected chi connectivity index (χ1v) is 11.9. The van der Waals surface area contributed by atoms with Crippen LogP contribution in [0.25, 0.3) is 0 Å². The van der Waals surface area contributed by atoms with Crippen LogP contribution in [0.3, 0.4) is 0 Å². The van der Waals surface area contributed by atoms with Crippen LogP contribution < -0.4 is 15.4 Å². The first-order valence-electron chi connectivity index (χ1n) is 10.4. The normalized spacial score (nSPS) is 16.1. The fraction of sp³-hybridized carbons (Fsp3) is 0.217. The van der Waals surface area contributed by atoms with Crippen LogP contribution in [0.15, 0.2) is 59.8 Å². The predicted molar refractivity (Wildman–Crippen MR) is 119 cm³/mol. The van der Waals surface area contributed by atoms with Gasteiger partial charge in [0.05, 0.1) is 22.5 Å². The Kier molecular flexibility index (Phi) is 5.04. The van der Waals surface area contributed by atoms with E-state index in [2.05, 4.69) is 20.3 Å². The summed E-state index contributed by atoms with van der Waals surface area (Å²) in [4.78, 5) is 16.2. The number of fused-ring (bicyclic) bond motifs is 2. The van der Waals surface area contributed by atoms with E-state index < -0.39 is 32.0 Å². The van der Waals surface area contributed by atoms with Gasteiger partial charge in [-0.3, -0.25) is 14.5 Å². The lowest BCUT2D eigenvalue weighted by atomic mass is 9.65. The van der Waals surface area contributed by atoms with Crippen LogP contribution in [0.5, 0.6) is 0 Å². The summed E-state index contributed by atoms with van der Waals surface area (Å²) >= 11 is 0. The molecule has 7 nitrogen and oxygen atoms in total. The molecule has 0 bridgehead atoms. The first kappa shape index (κ1) is 21.3. The second-order valence-electron chi connectivity index (χ2n) is 8.23. The lowest BCUT2D eigenvalue weighted by Gasteiger charge is -2.36. The van der Waals surface area contributed by atoms with Crippen LogP contribution in [0.4, 0.5) is 25.8 Å². The van der Waals surface area contributed by atoms with E-state index in [1.807, 2.05) is 6.07 Å². The molecule has 3 aromatic rings. The lowest BCUT2D eigenvalue weighted by molar-refractivity contribution is -0.123. The summed E-state index contributed by atoms with van der Waals surface area (Å²) in [6, 6.07) is 9.12. The lowest BCUT2D eigenvalue weighted by Crippen LogP contribution is -2.40. The molecule has 1 saturated carbocycles. The molecule has 10 heteroatoms. The third-order valence-electron chi connectivity index (χ3n) is 6.18. The van der Waals surface area contributed by atoms with E-state index in [1.165, 1.54) is 0 Å². The number of carbonyl (C=O) groups excluding carboxylic acids is 1. The molecule has 1 aromatic heterocycles. The van der Waals surface area contributed by atoms with E-state index in [9.17, 15) is 22.0 Å². The van der Waals surface area contributed by atoms with E-state index in [0.29, 0.717) is 42.4 Å². The van der Waals surface area contributed by atoms with Crippen molar-refractivity contribution < 1.29 is 22.0 Å². The molecule has 1 amide bonds. The van der Waals surface area contributed by atoms with Crippen LogP contribution in [0.2, 0.25) is 0 Å². The third-order valence-corrected chi connectivity index (χ3v) is 7.59. The smallest absolute Gasteiger partial charge is 0.264 e. The minimum atomic E-state index is -4.34. The summed E-state index contributed by atoms with van der Waals surface area (Å²) in [7, 11) is -4.34. The number of rotatable bonds is 6. The number of pyridine rings is 1. The second kappa shape index (κ2) is 7.80. The maximum atomic E-state index is 14.2. The number of nitrogens with one attached hydrogen (secondary N) is 3. The average Bonchev–Trinajstić information content (AvgIpc) is 3.04. The summed E-state index contributed by atoms with van der Waals surface area (Å²) in [5.41, 5.74) is 2.22. The summed E-state index contributed by atoms with van der Waals surface area (Å²) in [5, 5.41) is 6.18. The molecular weight excluding hydrogens is 450 g/mol. The number of anilines is 3. The average molecular weight is 471 g/mol. The molecule has 1 aliphatic carbocycles. The number of sulfonamides is 1. The third kappa shape index (κ3) is 3.70. The molecule has 2 aromatic carbocycles. The number of benzene rings is 2. The van der Waals surface area contributed by atoms with Gasteiger partial charge >= 0.3 is 0 Å². The zero-order valence-corrected chi connectivity index (χ0v) is 18.2. The van der Waals surface area contributed by atoms with Crippen LogP contribution >= 0.6 is 0 Å². The molecule has 1 spiro atoms. The predicted octanol–water partition coefficient (Wildman–Crippen LogP) is 4.15. The molecule has 0 unspecified atom stereocenters. The molecule has 0 saturated heterocycles. The highest BCUT2D eigenvalue weighted by molar-refractivity contribution is 7.92. The van der Waals surface area contributed by atoms with Crippen molar-refractivity contribution in [1.82, 2.24) is 4.98 Å². The number of halogens is 2. The van der Waals surface area contributed by atoms with Gasteiger partial charge in [0.2, 0.25) is 5.91 Å². The maximum Gasteiger partial charge on any atom is 0.264 e. The first-order chi connectivity index (χ1) is 15.8. The number of amides is 1. The van der Waals surface area contributed by atoms with Gasteiger partial charge < -0.3 is 10.6 Å². The summed E-state index contributed by atoms with van der Waals surface area (Å²) in [6.07, 6.45) is 5.57. The summed E-state index contributed by atoms with van der Waals surface area (Å²) < 4.78 is 55.5. The molecule has 2 aliphatic rings. The SMILES string of the molecule is O=C1Nc2c(NCc3cccnc3)cc(NS(=O)(=O)c3ccc(F)cc3F)cc2C12CCC2. The Balaban J connectivity index is 1.53. The van der Waals surface area contributed by atoms with Gasteiger partial charge in [-0.15, -0.1) is 0 Å². The highest BCUT2D eigenvalue weighted by atomic mass is 32.2.